The molecule has 1 N–H and O–H groups in total. The third kappa shape index (κ3) is 3.27. The Balaban J connectivity index is 1.31. The van der Waals surface area contributed by atoms with Gasteiger partial charge in [0.05, 0.1) is 6.10 Å². The summed E-state index contributed by atoms with van der Waals surface area (Å²) in [6.45, 7) is 7.71. The largest absolute Gasteiger partial charge is 0.393 e. The van der Waals surface area contributed by atoms with Crippen molar-refractivity contribution in [3.05, 3.63) is 35.9 Å². The highest BCUT2D eigenvalue weighted by atomic mass is 16.3. The number of hydrogen-bond acceptors (Lipinski definition) is 3. The lowest BCUT2D eigenvalue weighted by atomic mass is 9.47. The molecule has 1 aromatic heterocycles. The lowest BCUT2D eigenvalue weighted by Gasteiger charge is -2.58. The van der Waals surface area contributed by atoms with E-state index in [0.717, 1.165) is 48.9 Å². The van der Waals surface area contributed by atoms with E-state index in [1.54, 1.807) is 11.9 Å². The molecule has 3 nitrogen and oxygen atoms in total. The molecule has 0 radical (unpaired) electrons. The van der Waals surface area contributed by atoms with Crippen molar-refractivity contribution in [2.75, 3.05) is 0 Å². The molecule has 3 heteroatoms. The van der Waals surface area contributed by atoms with Crippen LogP contribution in [0.25, 0.3) is 0 Å². The Bertz CT molecular complexity index is 791. The molecule has 0 aliphatic heterocycles. The molecule has 0 saturated heterocycles. The van der Waals surface area contributed by atoms with Crippen LogP contribution < -0.4 is 0 Å². The van der Waals surface area contributed by atoms with Crippen LogP contribution in [-0.2, 0) is 6.42 Å². The van der Waals surface area contributed by atoms with Gasteiger partial charge in [-0.25, -0.2) is 9.97 Å². The molecule has 4 aliphatic rings. The first-order valence-corrected chi connectivity index (χ1v) is 12.5. The second kappa shape index (κ2) is 7.73. The molecule has 8 atom stereocenters. The van der Waals surface area contributed by atoms with Gasteiger partial charge in [-0.05, 0) is 110 Å². The van der Waals surface area contributed by atoms with E-state index < -0.39 is 0 Å². The zero-order valence-corrected chi connectivity index (χ0v) is 19.2. The second-order valence-corrected chi connectivity index (χ2v) is 11.6. The average Bonchev–Trinajstić information content (AvgIpc) is 3.10. The summed E-state index contributed by atoms with van der Waals surface area (Å²) in [5.41, 5.74) is 3.76. The zero-order chi connectivity index (χ0) is 20.9. The Morgan fingerprint density at radius 3 is 2.67 bits per heavy atom. The number of aliphatic hydroxyl groups excluding tert-OH is 1. The maximum absolute atomic E-state index is 10.2. The first kappa shape index (κ1) is 20.7. The standard InChI is InChI=1S/C27H40N2O/c1-18(4-5-19-15-28-17-29-16-19)23-8-9-24-22-7-6-20-14-21(30)10-12-26(20,2)25(22)11-13-27(23,24)3/h6,15-18,21-25,30H,4-5,7-14H2,1-3H3/t18-,21+,22+,23-,24+,25+,26+,27-/m1/s1. The molecule has 1 aromatic rings. The lowest BCUT2D eigenvalue weighted by molar-refractivity contribution is -0.0571. The number of allylic oxidation sites excluding steroid dienone is 1. The fourth-order valence-corrected chi connectivity index (χ4v) is 8.67. The molecule has 0 bridgehead atoms. The zero-order valence-electron chi connectivity index (χ0n) is 19.2. The van der Waals surface area contributed by atoms with Gasteiger partial charge >= 0.3 is 0 Å². The smallest absolute Gasteiger partial charge is 0.115 e. The maximum atomic E-state index is 10.2. The Morgan fingerprint density at radius 2 is 1.87 bits per heavy atom. The summed E-state index contributed by atoms with van der Waals surface area (Å²) in [6, 6.07) is 0. The minimum Gasteiger partial charge on any atom is -0.393 e. The van der Waals surface area contributed by atoms with Gasteiger partial charge < -0.3 is 5.11 Å². The van der Waals surface area contributed by atoms with E-state index in [1.165, 1.54) is 50.5 Å². The van der Waals surface area contributed by atoms with Crippen molar-refractivity contribution in [3.63, 3.8) is 0 Å². The number of aromatic nitrogens is 2. The molecule has 0 spiro atoms. The Hall–Kier alpha value is -1.22. The molecule has 1 heterocycles. The van der Waals surface area contributed by atoms with Gasteiger partial charge in [-0.3, -0.25) is 0 Å². The van der Waals surface area contributed by atoms with Gasteiger partial charge in [-0.15, -0.1) is 0 Å². The molecule has 0 unspecified atom stereocenters. The summed E-state index contributed by atoms with van der Waals surface area (Å²) >= 11 is 0. The van der Waals surface area contributed by atoms with E-state index in [9.17, 15) is 5.11 Å². The van der Waals surface area contributed by atoms with Crippen molar-refractivity contribution in [2.24, 2.45) is 40.4 Å². The average molecular weight is 409 g/mol. The molecule has 3 fully saturated rings. The molecule has 30 heavy (non-hydrogen) atoms. The van der Waals surface area contributed by atoms with Crippen LogP contribution in [0.3, 0.4) is 0 Å². The first-order chi connectivity index (χ1) is 14.4. The Morgan fingerprint density at radius 1 is 1.07 bits per heavy atom. The van der Waals surface area contributed by atoms with E-state index in [4.69, 9.17) is 0 Å². The lowest BCUT2D eigenvalue weighted by Crippen LogP contribution is -2.50. The molecule has 0 amide bonds. The van der Waals surface area contributed by atoms with Gasteiger partial charge in [0.15, 0.2) is 0 Å². The third-order valence-electron chi connectivity index (χ3n) is 10.3. The monoisotopic (exact) mass is 408 g/mol. The molecule has 5 rings (SSSR count). The number of hydrogen-bond donors (Lipinski definition) is 1. The first-order valence-electron chi connectivity index (χ1n) is 12.5. The summed E-state index contributed by atoms with van der Waals surface area (Å²) in [5, 5.41) is 10.2. The number of aryl methyl sites for hydroxylation is 1. The summed E-state index contributed by atoms with van der Waals surface area (Å²) < 4.78 is 0. The molecule has 164 valence electrons. The number of fused-ring (bicyclic) bond motifs is 5. The van der Waals surface area contributed by atoms with Gasteiger partial charge in [-0.2, -0.15) is 0 Å². The maximum Gasteiger partial charge on any atom is 0.115 e. The van der Waals surface area contributed by atoms with Crippen LogP contribution in [-0.4, -0.2) is 21.2 Å². The van der Waals surface area contributed by atoms with Gasteiger partial charge in [0.25, 0.3) is 0 Å². The van der Waals surface area contributed by atoms with E-state index in [-0.39, 0.29) is 6.10 Å². The van der Waals surface area contributed by atoms with Crippen LogP contribution >= 0.6 is 0 Å². The van der Waals surface area contributed by atoms with Crippen LogP contribution in [0, 0.1) is 40.4 Å². The SMILES string of the molecule is C[C@H](CCc1cncnc1)[C@H]1CC[C@H]2[C@@H]3CC=C4C[C@@H](O)CC[C@]4(C)[C@H]3CC[C@]12C. The molecule has 4 aliphatic carbocycles. The summed E-state index contributed by atoms with van der Waals surface area (Å²) in [7, 11) is 0. The van der Waals surface area contributed by atoms with Crippen molar-refractivity contribution in [1.82, 2.24) is 9.97 Å². The van der Waals surface area contributed by atoms with Gasteiger partial charge in [-0.1, -0.05) is 32.4 Å². The van der Waals surface area contributed by atoms with Crippen LogP contribution in [0.5, 0.6) is 0 Å². The van der Waals surface area contributed by atoms with Crippen molar-refractivity contribution in [2.45, 2.75) is 91.1 Å². The predicted molar refractivity (Wildman–Crippen MR) is 121 cm³/mol. The van der Waals surface area contributed by atoms with E-state index in [2.05, 4.69) is 36.8 Å². The number of rotatable bonds is 4. The highest BCUT2D eigenvalue weighted by Gasteiger charge is 2.59. The molecule has 3 saturated carbocycles. The molecular formula is C27H40N2O. The van der Waals surface area contributed by atoms with Gasteiger partial charge in [0, 0.05) is 12.4 Å². The van der Waals surface area contributed by atoms with Crippen LogP contribution in [0.4, 0.5) is 0 Å². The summed E-state index contributed by atoms with van der Waals surface area (Å²) in [6.07, 6.45) is 20.5. The van der Waals surface area contributed by atoms with Crippen LogP contribution in [0.15, 0.2) is 30.4 Å². The van der Waals surface area contributed by atoms with Crippen molar-refractivity contribution in [3.8, 4) is 0 Å². The van der Waals surface area contributed by atoms with Gasteiger partial charge in [0.1, 0.15) is 6.33 Å². The van der Waals surface area contributed by atoms with Gasteiger partial charge in [0.2, 0.25) is 0 Å². The summed E-state index contributed by atoms with van der Waals surface area (Å²) in [5.74, 6) is 4.24. The molecule has 0 aromatic carbocycles. The van der Waals surface area contributed by atoms with Crippen LogP contribution in [0.1, 0.15) is 84.1 Å². The number of aliphatic hydroxyl groups is 1. The molecular weight excluding hydrogens is 368 g/mol. The topological polar surface area (TPSA) is 46.0 Å². The second-order valence-electron chi connectivity index (χ2n) is 11.6. The quantitative estimate of drug-likeness (QED) is 0.623. The van der Waals surface area contributed by atoms with Crippen molar-refractivity contribution >= 4 is 0 Å². The predicted octanol–water partition coefficient (Wildman–Crippen LogP) is 5.99. The summed E-state index contributed by atoms with van der Waals surface area (Å²) in [4.78, 5) is 8.39. The third-order valence-corrected chi connectivity index (χ3v) is 10.3. The van der Waals surface area contributed by atoms with Crippen LogP contribution in [0.2, 0.25) is 0 Å². The van der Waals surface area contributed by atoms with Crippen molar-refractivity contribution < 1.29 is 5.11 Å². The normalized spacial score (nSPS) is 43.9. The fourth-order valence-electron chi connectivity index (χ4n) is 8.67. The van der Waals surface area contributed by atoms with E-state index in [0.29, 0.717) is 10.8 Å². The van der Waals surface area contributed by atoms with E-state index >= 15 is 0 Å². The minimum atomic E-state index is -0.0959. The number of nitrogens with zero attached hydrogens (tertiary/aromatic N) is 2. The Labute approximate surface area is 182 Å². The fraction of sp³-hybridized carbons (Fsp3) is 0.778. The highest BCUT2D eigenvalue weighted by molar-refractivity contribution is 5.25. The van der Waals surface area contributed by atoms with E-state index in [1.807, 2.05) is 12.4 Å². The highest BCUT2D eigenvalue weighted by Crippen LogP contribution is 2.67. The Kier molecular flexibility index (Phi) is 5.32. The van der Waals surface area contributed by atoms with Crippen molar-refractivity contribution in [1.29, 1.82) is 0 Å². The minimum absolute atomic E-state index is 0.0959.